The van der Waals surface area contributed by atoms with E-state index in [1.165, 1.54) is 18.7 Å². The molecule has 4 N–H and O–H groups in total. The molecule has 0 radical (unpaired) electrons. The van der Waals surface area contributed by atoms with Gasteiger partial charge in [0.1, 0.15) is 16.9 Å². The van der Waals surface area contributed by atoms with Gasteiger partial charge in [0.15, 0.2) is 5.65 Å². The van der Waals surface area contributed by atoms with Crippen LogP contribution in [0.15, 0.2) is 9.59 Å². The van der Waals surface area contributed by atoms with Gasteiger partial charge < -0.3 is 25.5 Å². The monoisotopic (exact) mass is 438 g/mol. The number of alkyl carbamates (subject to hydrolysis) is 1. The number of carbonyl (C=O) groups is 2. The van der Waals surface area contributed by atoms with E-state index in [9.17, 15) is 24.3 Å². The smallest absolute Gasteiger partial charge is 0.407 e. The number of nitrogens with zero attached hydrogens (tertiary/aromatic N) is 3. The number of rotatable bonds is 8. The second-order valence-electron chi connectivity index (χ2n) is 8.28. The lowest BCUT2D eigenvalue weighted by Crippen LogP contribution is -2.41. The fourth-order valence-electron chi connectivity index (χ4n) is 2.82. The van der Waals surface area contributed by atoms with Crippen LogP contribution in [0.2, 0.25) is 0 Å². The molecule has 0 aliphatic heterocycles. The van der Waals surface area contributed by atoms with Crippen molar-refractivity contribution in [1.29, 1.82) is 0 Å². The van der Waals surface area contributed by atoms with Gasteiger partial charge in [-0.2, -0.15) is 0 Å². The second-order valence-corrected chi connectivity index (χ2v) is 8.28. The van der Waals surface area contributed by atoms with Crippen molar-refractivity contribution in [3.63, 3.8) is 0 Å². The second kappa shape index (κ2) is 9.77. The summed E-state index contributed by atoms with van der Waals surface area (Å²) in [4.78, 5) is 54.8. The number of nitrogens with one attached hydrogen (secondary N) is 3. The van der Waals surface area contributed by atoms with Gasteiger partial charge in [0, 0.05) is 40.0 Å². The first-order valence-electron chi connectivity index (χ1n) is 9.95. The summed E-state index contributed by atoms with van der Waals surface area (Å²) in [6.45, 7) is 5.12. The number of aryl methyl sites for hydroxylation is 2. The van der Waals surface area contributed by atoms with Crippen LogP contribution >= 0.6 is 0 Å². The number of imidazole rings is 1. The first kappa shape index (κ1) is 24.1. The topological polar surface area (TPSA) is 160 Å². The van der Waals surface area contributed by atoms with Gasteiger partial charge in [-0.25, -0.2) is 14.6 Å². The van der Waals surface area contributed by atoms with Crippen molar-refractivity contribution >= 4 is 23.2 Å². The van der Waals surface area contributed by atoms with Crippen LogP contribution in [0.4, 0.5) is 4.79 Å². The number of amides is 2. The number of fused-ring (bicyclic) bond motifs is 1. The van der Waals surface area contributed by atoms with Crippen molar-refractivity contribution in [3.8, 4) is 0 Å². The number of H-pyrrole nitrogens is 1. The van der Waals surface area contributed by atoms with Gasteiger partial charge in [-0.1, -0.05) is 0 Å². The average molecular weight is 438 g/mol. The molecule has 0 spiro atoms. The lowest BCUT2D eigenvalue weighted by Gasteiger charge is -2.20. The number of aliphatic hydroxyl groups excluding tert-OH is 1. The van der Waals surface area contributed by atoms with Crippen LogP contribution < -0.4 is 21.9 Å². The maximum absolute atomic E-state index is 12.2. The zero-order valence-electron chi connectivity index (χ0n) is 18.4. The quantitative estimate of drug-likeness (QED) is 0.423. The standard InChI is InChI=1S/C19H30N6O6/c1-19(2,3)31-17(29)21-10-11(26)9-20-13(27)8-6-7-12-22-14-15(23-12)24(4)18(30)25(5)16(14)28/h11,26H,6-10H2,1-5H3,(H,20,27)(H,21,29)(H,22,23). The van der Waals surface area contributed by atoms with Crippen LogP contribution in [0.25, 0.3) is 11.2 Å². The number of aromatic amines is 1. The van der Waals surface area contributed by atoms with E-state index in [2.05, 4.69) is 20.6 Å². The van der Waals surface area contributed by atoms with E-state index in [0.717, 1.165) is 4.57 Å². The molecule has 172 valence electrons. The molecule has 0 bridgehead atoms. The molecule has 0 fully saturated rings. The molecule has 2 heterocycles. The number of hydrogen-bond donors (Lipinski definition) is 4. The van der Waals surface area contributed by atoms with Gasteiger partial charge in [0.05, 0.1) is 6.10 Å². The highest BCUT2D eigenvalue weighted by atomic mass is 16.6. The van der Waals surface area contributed by atoms with Gasteiger partial charge in [0.2, 0.25) is 5.91 Å². The Morgan fingerprint density at radius 1 is 1.16 bits per heavy atom. The predicted octanol–water partition coefficient (Wildman–Crippen LogP) is -0.715. The summed E-state index contributed by atoms with van der Waals surface area (Å²) >= 11 is 0. The molecule has 2 aromatic rings. The van der Waals surface area contributed by atoms with Crippen LogP contribution in [0.1, 0.15) is 39.4 Å². The first-order chi connectivity index (χ1) is 14.4. The minimum absolute atomic E-state index is 0.0164. The number of ether oxygens (including phenoxy) is 1. The third-order valence-corrected chi connectivity index (χ3v) is 4.38. The van der Waals surface area contributed by atoms with Gasteiger partial charge in [-0.15, -0.1) is 0 Å². The van der Waals surface area contributed by atoms with Crippen LogP contribution in [0, 0.1) is 0 Å². The molecular formula is C19H30N6O6. The molecule has 0 saturated carbocycles. The van der Waals surface area contributed by atoms with Gasteiger partial charge in [-0.05, 0) is 27.2 Å². The SMILES string of the molecule is Cn1c(=O)c2[nH]c(CCCC(=O)NCC(O)CNC(=O)OC(C)(C)C)nc2n(C)c1=O. The van der Waals surface area contributed by atoms with E-state index in [0.29, 0.717) is 18.7 Å². The molecule has 2 aromatic heterocycles. The largest absolute Gasteiger partial charge is 0.444 e. The highest BCUT2D eigenvalue weighted by Gasteiger charge is 2.17. The van der Waals surface area contributed by atoms with Crippen molar-refractivity contribution in [2.45, 2.75) is 51.7 Å². The summed E-state index contributed by atoms with van der Waals surface area (Å²) in [6, 6.07) is 0. The minimum Gasteiger partial charge on any atom is -0.444 e. The molecule has 0 aliphatic carbocycles. The Balaban J connectivity index is 1.77. The number of hydrogen-bond acceptors (Lipinski definition) is 7. The van der Waals surface area contributed by atoms with Crippen LogP contribution in [-0.2, 0) is 30.0 Å². The fraction of sp³-hybridized carbons (Fsp3) is 0.632. The first-order valence-corrected chi connectivity index (χ1v) is 9.95. The Kier molecular flexibility index (Phi) is 7.60. The maximum atomic E-state index is 12.2. The molecule has 0 aromatic carbocycles. The van der Waals surface area contributed by atoms with E-state index in [1.54, 1.807) is 20.8 Å². The normalized spacial score (nSPS) is 12.6. The van der Waals surface area contributed by atoms with Crippen LogP contribution in [0.5, 0.6) is 0 Å². The number of carbonyl (C=O) groups excluding carboxylic acids is 2. The number of aliphatic hydroxyl groups is 1. The highest BCUT2D eigenvalue weighted by Crippen LogP contribution is 2.08. The minimum atomic E-state index is -0.954. The van der Waals surface area contributed by atoms with Crippen LogP contribution in [0.3, 0.4) is 0 Å². The molecule has 0 saturated heterocycles. The third kappa shape index (κ3) is 6.67. The zero-order valence-corrected chi connectivity index (χ0v) is 18.4. The van der Waals surface area contributed by atoms with E-state index in [1.807, 2.05) is 0 Å². The lowest BCUT2D eigenvalue weighted by molar-refractivity contribution is -0.121. The fourth-order valence-corrected chi connectivity index (χ4v) is 2.82. The third-order valence-electron chi connectivity index (χ3n) is 4.38. The van der Waals surface area contributed by atoms with Gasteiger partial charge in [-0.3, -0.25) is 18.7 Å². The van der Waals surface area contributed by atoms with E-state index >= 15 is 0 Å². The highest BCUT2D eigenvalue weighted by molar-refractivity contribution is 5.76. The molecule has 12 nitrogen and oxygen atoms in total. The lowest BCUT2D eigenvalue weighted by atomic mass is 10.2. The molecule has 2 amide bonds. The maximum Gasteiger partial charge on any atom is 0.407 e. The molecule has 1 unspecified atom stereocenters. The summed E-state index contributed by atoms with van der Waals surface area (Å²) in [6.07, 6.45) is -0.561. The number of aromatic nitrogens is 4. The Hall–Kier alpha value is -3.15. The van der Waals surface area contributed by atoms with Crippen LogP contribution in [-0.4, -0.2) is 61.0 Å². The Morgan fingerprint density at radius 2 is 1.81 bits per heavy atom. The molecule has 2 rings (SSSR count). The molecular weight excluding hydrogens is 408 g/mol. The molecule has 12 heteroatoms. The Labute approximate surface area is 178 Å². The van der Waals surface area contributed by atoms with E-state index in [4.69, 9.17) is 4.74 Å². The van der Waals surface area contributed by atoms with Crippen molar-refractivity contribution in [1.82, 2.24) is 29.7 Å². The zero-order chi connectivity index (χ0) is 23.3. The Morgan fingerprint density at radius 3 is 2.45 bits per heavy atom. The van der Waals surface area contributed by atoms with Crippen molar-refractivity contribution in [2.24, 2.45) is 14.1 Å². The predicted molar refractivity (Wildman–Crippen MR) is 113 cm³/mol. The van der Waals surface area contributed by atoms with Gasteiger partial charge >= 0.3 is 11.8 Å². The van der Waals surface area contributed by atoms with Crippen molar-refractivity contribution in [3.05, 3.63) is 26.7 Å². The van der Waals surface area contributed by atoms with Crippen molar-refractivity contribution < 1.29 is 19.4 Å². The summed E-state index contributed by atoms with van der Waals surface area (Å²) in [5.74, 6) is 0.235. The van der Waals surface area contributed by atoms with E-state index in [-0.39, 0.29) is 36.6 Å². The summed E-state index contributed by atoms with van der Waals surface area (Å²) < 4.78 is 7.35. The van der Waals surface area contributed by atoms with E-state index < -0.39 is 29.0 Å². The molecule has 1 atom stereocenters. The average Bonchev–Trinajstić information content (AvgIpc) is 3.10. The molecule has 0 aliphatic rings. The summed E-state index contributed by atoms with van der Waals surface area (Å²) in [7, 11) is 2.93. The van der Waals surface area contributed by atoms with Crippen molar-refractivity contribution in [2.75, 3.05) is 13.1 Å². The van der Waals surface area contributed by atoms with Gasteiger partial charge in [0.25, 0.3) is 5.56 Å². The summed E-state index contributed by atoms with van der Waals surface area (Å²) in [5, 5.41) is 14.9. The summed E-state index contributed by atoms with van der Waals surface area (Å²) in [5.41, 5.74) is -1.04. The Bertz CT molecular complexity index is 1060. The molecule has 31 heavy (non-hydrogen) atoms.